The predicted molar refractivity (Wildman–Crippen MR) is 49.7 cm³/mol. The second-order valence-corrected chi connectivity index (χ2v) is 4.00. The molecule has 1 heteroatoms. The number of likely N-dealkylation sites (tertiary alicyclic amines) is 1. The van der Waals surface area contributed by atoms with Crippen molar-refractivity contribution >= 4 is 0 Å². The quantitative estimate of drug-likeness (QED) is 0.605. The Morgan fingerprint density at radius 3 is 2.73 bits per heavy atom. The molecule has 0 aromatic heterocycles. The van der Waals surface area contributed by atoms with E-state index in [9.17, 15) is 0 Å². The zero-order valence-electron chi connectivity index (χ0n) is 8.14. The third-order valence-electron chi connectivity index (χ3n) is 2.93. The third-order valence-corrected chi connectivity index (χ3v) is 2.93. The van der Waals surface area contributed by atoms with E-state index in [0.717, 1.165) is 12.0 Å². The molecule has 11 heavy (non-hydrogen) atoms. The van der Waals surface area contributed by atoms with Crippen LogP contribution < -0.4 is 0 Å². The lowest BCUT2D eigenvalue weighted by molar-refractivity contribution is 0.230. The predicted octanol–water partition coefficient (Wildman–Crippen LogP) is 2.52. The maximum absolute atomic E-state index is 2.63. The first-order valence-electron chi connectivity index (χ1n) is 4.98. The van der Waals surface area contributed by atoms with Crippen LogP contribution in [0.15, 0.2) is 0 Å². The molecule has 1 fully saturated rings. The molecule has 0 aromatic carbocycles. The van der Waals surface area contributed by atoms with Gasteiger partial charge in [0.15, 0.2) is 0 Å². The van der Waals surface area contributed by atoms with Crippen LogP contribution in [0.25, 0.3) is 0 Å². The second-order valence-electron chi connectivity index (χ2n) is 4.00. The molecule has 66 valence electrons. The molecule has 0 unspecified atom stereocenters. The maximum Gasteiger partial charge on any atom is 0.00675 e. The van der Waals surface area contributed by atoms with E-state index >= 15 is 0 Å². The van der Waals surface area contributed by atoms with Gasteiger partial charge in [-0.3, -0.25) is 0 Å². The van der Waals surface area contributed by atoms with Crippen LogP contribution in [0.3, 0.4) is 0 Å². The average molecular weight is 155 g/mol. The lowest BCUT2D eigenvalue weighted by Gasteiger charge is -2.23. The van der Waals surface area contributed by atoms with E-state index < -0.39 is 0 Å². The Morgan fingerprint density at radius 1 is 1.55 bits per heavy atom. The third kappa shape index (κ3) is 2.48. The summed E-state index contributed by atoms with van der Waals surface area (Å²) in [5.74, 6) is 0.885. The molecule has 1 saturated heterocycles. The molecule has 0 saturated carbocycles. The molecule has 0 spiro atoms. The maximum atomic E-state index is 2.63. The van der Waals surface area contributed by atoms with Crippen molar-refractivity contribution in [2.45, 2.75) is 46.1 Å². The van der Waals surface area contributed by atoms with Crippen LogP contribution in [-0.2, 0) is 0 Å². The van der Waals surface area contributed by atoms with E-state index in [0.29, 0.717) is 0 Å². The minimum Gasteiger partial charge on any atom is -0.300 e. The van der Waals surface area contributed by atoms with Gasteiger partial charge in [0, 0.05) is 12.6 Å². The Hall–Kier alpha value is -0.0400. The molecule has 0 amide bonds. The Bertz CT molecular complexity index is 111. The van der Waals surface area contributed by atoms with Gasteiger partial charge in [0.1, 0.15) is 0 Å². The highest BCUT2D eigenvalue weighted by atomic mass is 15.2. The van der Waals surface area contributed by atoms with Crippen molar-refractivity contribution in [1.82, 2.24) is 4.90 Å². The first-order valence-corrected chi connectivity index (χ1v) is 4.98. The molecule has 0 bridgehead atoms. The van der Waals surface area contributed by atoms with Crippen LogP contribution >= 0.6 is 0 Å². The van der Waals surface area contributed by atoms with Crippen molar-refractivity contribution in [3.8, 4) is 0 Å². The highest BCUT2D eigenvalue weighted by molar-refractivity contribution is 4.76. The fraction of sp³-hybridized carbons (Fsp3) is 1.00. The summed E-state index contributed by atoms with van der Waals surface area (Å²) in [5, 5.41) is 0. The molecular formula is C10H21N. The topological polar surface area (TPSA) is 3.24 Å². The standard InChI is InChI=1S/C10H21N/c1-4-9(2)8-11-7-5-6-10(11)3/h9-10H,4-8H2,1-3H3/t9-,10-/m1/s1. The first kappa shape index (κ1) is 9.05. The molecule has 2 atom stereocenters. The van der Waals surface area contributed by atoms with Crippen LogP contribution in [0, 0.1) is 5.92 Å². The molecule has 0 radical (unpaired) electrons. The zero-order valence-corrected chi connectivity index (χ0v) is 8.14. The summed E-state index contributed by atoms with van der Waals surface area (Å²) in [7, 11) is 0. The van der Waals surface area contributed by atoms with Gasteiger partial charge in [-0.25, -0.2) is 0 Å². The minimum absolute atomic E-state index is 0.851. The number of hydrogen-bond acceptors (Lipinski definition) is 1. The summed E-state index contributed by atoms with van der Waals surface area (Å²) >= 11 is 0. The molecule has 0 aliphatic carbocycles. The van der Waals surface area contributed by atoms with Gasteiger partial charge in [-0.05, 0) is 32.2 Å². The van der Waals surface area contributed by atoms with Crippen molar-refractivity contribution in [1.29, 1.82) is 0 Å². The lowest BCUT2D eigenvalue weighted by atomic mass is 10.1. The average Bonchev–Trinajstić information content (AvgIpc) is 2.37. The summed E-state index contributed by atoms with van der Waals surface area (Å²) in [6, 6.07) is 0.851. The largest absolute Gasteiger partial charge is 0.300 e. The highest BCUT2D eigenvalue weighted by Crippen LogP contribution is 2.18. The molecule has 1 aliphatic heterocycles. The Kier molecular flexibility index (Phi) is 3.38. The van der Waals surface area contributed by atoms with Crippen molar-refractivity contribution in [2.24, 2.45) is 5.92 Å². The number of nitrogens with zero attached hydrogens (tertiary/aromatic N) is 1. The van der Waals surface area contributed by atoms with Crippen molar-refractivity contribution < 1.29 is 0 Å². The van der Waals surface area contributed by atoms with Gasteiger partial charge in [-0.2, -0.15) is 0 Å². The van der Waals surface area contributed by atoms with Gasteiger partial charge in [0.25, 0.3) is 0 Å². The Labute approximate surface area is 70.8 Å². The van der Waals surface area contributed by atoms with Crippen LogP contribution in [0.2, 0.25) is 0 Å². The van der Waals surface area contributed by atoms with Crippen LogP contribution in [0.5, 0.6) is 0 Å². The van der Waals surface area contributed by atoms with E-state index in [4.69, 9.17) is 0 Å². The lowest BCUT2D eigenvalue weighted by Crippen LogP contribution is -2.31. The van der Waals surface area contributed by atoms with Gasteiger partial charge in [-0.15, -0.1) is 0 Å². The smallest absolute Gasteiger partial charge is 0.00675 e. The number of rotatable bonds is 3. The monoisotopic (exact) mass is 155 g/mol. The minimum atomic E-state index is 0.851. The molecule has 1 rings (SSSR count). The Balaban J connectivity index is 2.24. The van der Waals surface area contributed by atoms with Gasteiger partial charge < -0.3 is 4.90 Å². The second kappa shape index (κ2) is 4.10. The zero-order chi connectivity index (χ0) is 8.27. The summed E-state index contributed by atoms with van der Waals surface area (Å²) in [5.41, 5.74) is 0. The molecule has 1 nitrogen and oxygen atoms in total. The molecule has 0 N–H and O–H groups in total. The first-order chi connectivity index (χ1) is 5.24. The Morgan fingerprint density at radius 2 is 2.27 bits per heavy atom. The fourth-order valence-electron chi connectivity index (χ4n) is 1.79. The van der Waals surface area contributed by atoms with Gasteiger partial charge in [0.2, 0.25) is 0 Å². The van der Waals surface area contributed by atoms with E-state index in [1.165, 1.54) is 32.4 Å². The van der Waals surface area contributed by atoms with E-state index in [1.807, 2.05) is 0 Å². The SMILES string of the molecule is CC[C@@H](C)CN1CCC[C@H]1C. The molecule has 1 aliphatic rings. The van der Waals surface area contributed by atoms with Crippen LogP contribution in [0.4, 0.5) is 0 Å². The van der Waals surface area contributed by atoms with E-state index in [1.54, 1.807) is 0 Å². The summed E-state index contributed by atoms with van der Waals surface area (Å²) < 4.78 is 0. The van der Waals surface area contributed by atoms with Crippen molar-refractivity contribution in [2.75, 3.05) is 13.1 Å². The summed E-state index contributed by atoms with van der Waals surface area (Å²) in [4.78, 5) is 2.63. The van der Waals surface area contributed by atoms with Crippen LogP contribution in [-0.4, -0.2) is 24.0 Å². The normalized spacial score (nSPS) is 29.2. The molecule has 1 heterocycles. The molecular weight excluding hydrogens is 134 g/mol. The van der Waals surface area contributed by atoms with Gasteiger partial charge in [0.05, 0.1) is 0 Å². The fourth-order valence-corrected chi connectivity index (χ4v) is 1.79. The van der Waals surface area contributed by atoms with Gasteiger partial charge >= 0.3 is 0 Å². The summed E-state index contributed by atoms with van der Waals surface area (Å²) in [6.45, 7) is 9.65. The van der Waals surface area contributed by atoms with Gasteiger partial charge in [-0.1, -0.05) is 20.3 Å². The summed E-state index contributed by atoms with van der Waals surface area (Å²) in [6.07, 6.45) is 4.15. The highest BCUT2D eigenvalue weighted by Gasteiger charge is 2.20. The van der Waals surface area contributed by atoms with Crippen LogP contribution in [0.1, 0.15) is 40.0 Å². The molecule has 0 aromatic rings. The van der Waals surface area contributed by atoms with Crippen molar-refractivity contribution in [3.05, 3.63) is 0 Å². The van der Waals surface area contributed by atoms with E-state index in [2.05, 4.69) is 25.7 Å². The number of hydrogen-bond donors (Lipinski definition) is 0. The van der Waals surface area contributed by atoms with Crippen molar-refractivity contribution in [3.63, 3.8) is 0 Å². The van der Waals surface area contributed by atoms with E-state index in [-0.39, 0.29) is 0 Å².